The van der Waals surface area contributed by atoms with Gasteiger partial charge in [-0.25, -0.2) is 4.79 Å². The van der Waals surface area contributed by atoms with Crippen LogP contribution in [0.2, 0.25) is 0 Å². The predicted octanol–water partition coefficient (Wildman–Crippen LogP) is 2.98. The molecule has 0 fully saturated rings. The van der Waals surface area contributed by atoms with Crippen LogP contribution in [0.5, 0.6) is 11.5 Å². The van der Waals surface area contributed by atoms with Crippen LogP contribution in [-0.2, 0) is 0 Å². The molecule has 1 aromatic heterocycles. The van der Waals surface area contributed by atoms with Gasteiger partial charge in [-0.2, -0.15) is 0 Å². The van der Waals surface area contributed by atoms with Crippen molar-refractivity contribution >= 4 is 5.97 Å². The summed E-state index contributed by atoms with van der Waals surface area (Å²) in [6.07, 6.45) is 0. The first-order valence-corrected chi connectivity index (χ1v) is 5.65. The van der Waals surface area contributed by atoms with Crippen LogP contribution in [0.1, 0.15) is 21.7 Å². The van der Waals surface area contributed by atoms with E-state index in [0.29, 0.717) is 22.6 Å². The van der Waals surface area contributed by atoms with Crippen molar-refractivity contribution in [2.24, 2.45) is 0 Å². The lowest BCUT2D eigenvalue weighted by Crippen LogP contribution is -1.94. The number of benzene rings is 1. The van der Waals surface area contributed by atoms with Crippen LogP contribution < -0.4 is 4.74 Å². The van der Waals surface area contributed by atoms with Gasteiger partial charge in [0, 0.05) is 11.1 Å². The monoisotopic (exact) mass is 262 g/mol. The molecular formula is C14H14O5. The van der Waals surface area contributed by atoms with Gasteiger partial charge in [0.15, 0.2) is 11.5 Å². The fourth-order valence-electron chi connectivity index (χ4n) is 1.93. The Kier molecular flexibility index (Phi) is 3.21. The van der Waals surface area contributed by atoms with Crippen molar-refractivity contribution in [2.45, 2.75) is 13.8 Å². The Morgan fingerprint density at radius 2 is 1.89 bits per heavy atom. The Morgan fingerprint density at radius 1 is 1.21 bits per heavy atom. The maximum Gasteiger partial charge on any atom is 0.372 e. The lowest BCUT2D eigenvalue weighted by atomic mass is 10.0. The summed E-state index contributed by atoms with van der Waals surface area (Å²) in [7, 11) is 1.45. The summed E-state index contributed by atoms with van der Waals surface area (Å²) >= 11 is 0. The zero-order chi connectivity index (χ0) is 14.2. The summed E-state index contributed by atoms with van der Waals surface area (Å²) in [5, 5.41) is 18.6. The number of aryl methyl sites for hydroxylation is 2. The van der Waals surface area contributed by atoms with E-state index in [1.165, 1.54) is 7.11 Å². The first-order chi connectivity index (χ1) is 8.93. The number of phenols is 1. The maximum atomic E-state index is 11.0. The van der Waals surface area contributed by atoms with Crippen molar-refractivity contribution in [3.63, 3.8) is 0 Å². The van der Waals surface area contributed by atoms with Gasteiger partial charge < -0.3 is 19.4 Å². The van der Waals surface area contributed by atoms with Crippen LogP contribution >= 0.6 is 0 Å². The minimum Gasteiger partial charge on any atom is -0.504 e. The number of carboxylic acid groups (broad SMARTS) is 1. The Hall–Kier alpha value is -2.43. The minimum absolute atomic E-state index is 0.0329. The number of aromatic hydroxyl groups is 1. The molecule has 0 radical (unpaired) electrons. The highest BCUT2D eigenvalue weighted by atomic mass is 16.5. The summed E-state index contributed by atoms with van der Waals surface area (Å²) in [5.74, 6) is -0.406. The number of carbonyl (C=O) groups is 1. The van der Waals surface area contributed by atoms with Gasteiger partial charge in [-0.1, -0.05) is 0 Å². The number of furan rings is 1. The molecule has 5 nitrogen and oxygen atoms in total. The van der Waals surface area contributed by atoms with Crippen molar-refractivity contribution in [3.05, 3.63) is 35.1 Å². The highest BCUT2D eigenvalue weighted by molar-refractivity contribution is 5.87. The third-order valence-electron chi connectivity index (χ3n) is 2.90. The number of methoxy groups -OCH3 is 1. The summed E-state index contributed by atoms with van der Waals surface area (Å²) < 4.78 is 10.4. The fraction of sp³-hybridized carbons (Fsp3) is 0.214. The summed E-state index contributed by atoms with van der Waals surface area (Å²) in [5.41, 5.74) is 2.00. The smallest absolute Gasteiger partial charge is 0.372 e. The van der Waals surface area contributed by atoms with E-state index in [0.717, 1.165) is 5.56 Å². The topological polar surface area (TPSA) is 79.9 Å². The molecule has 1 aromatic carbocycles. The normalized spacial score (nSPS) is 10.5. The van der Waals surface area contributed by atoms with Crippen LogP contribution in [0.15, 0.2) is 22.6 Å². The molecule has 1 heterocycles. The van der Waals surface area contributed by atoms with E-state index in [9.17, 15) is 9.90 Å². The highest BCUT2D eigenvalue weighted by Gasteiger charge is 2.18. The van der Waals surface area contributed by atoms with Crippen LogP contribution in [0, 0.1) is 13.8 Å². The van der Waals surface area contributed by atoms with Gasteiger partial charge in [-0.15, -0.1) is 0 Å². The quantitative estimate of drug-likeness (QED) is 0.888. The molecule has 0 atom stereocenters. The number of hydrogen-bond acceptors (Lipinski definition) is 4. The van der Waals surface area contributed by atoms with Gasteiger partial charge in [0.1, 0.15) is 5.76 Å². The number of ether oxygens (including phenoxy) is 1. The average Bonchev–Trinajstić information content (AvgIpc) is 2.71. The fourth-order valence-corrected chi connectivity index (χ4v) is 1.93. The van der Waals surface area contributed by atoms with Crippen LogP contribution in [0.3, 0.4) is 0 Å². The van der Waals surface area contributed by atoms with Crippen LogP contribution in [-0.4, -0.2) is 23.3 Å². The molecule has 0 aliphatic heterocycles. The van der Waals surface area contributed by atoms with Gasteiger partial charge in [-0.05, 0) is 37.6 Å². The molecule has 2 rings (SSSR count). The third-order valence-corrected chi connectivity index (χ3v) is 2.90. The second-order valence-electron chi connectivity index (χ2n) is 4.27. The SMILES string of the molecule is COc1cc(-c2cc(C)c(C(=O)O)o2)c(C)cc1O. The highest BCUT2D eigenvalue weighted by Crippen LogP contribution is 2.36. The van der Waals surface area contributed by atoms with Gasteiger partial charge in [0.05, 0.1) is 7.11 Å². The van der Waals surface area contributed by atoms with Crippen molar-refractivity contribution in [1.29, 1.82) is 0 Å². The van der Waals surface area contributed by atoms with Gasteiger partial charge in [0.2, 0.25) is 5.76 Å². The molecule has 19 heavy (non-hydrogen) atoms. The van der Waals surface area contributed by atoms with Crippen LogP contribution in [0.25, 0.3) is 11.3 Å². The van der Waals surface area contributed by atoms with E-state index in [2.05, 4.69) is 0 Å². The first-order valence-electron chi connectivity index (χ1n) is 5.65. The van der Waals surface area contributed by atoms with Crippen LogP contribution in [0.4, 0.5) is 0 Å². The number of hydrogen-bond donors (Lipinski definition) is 2. The van der Waals surface area contributed by atoms with Gasteiger partial charge in [0.25, 0.3) is 0 Å². The Balaban J connectivity index is 2.58. The summed E-state index contributed by atoms with van der Waals surface area (Å²) in [6, 6.07) is 4.82. The Bertz CT molecular complexity index is 640. The average molecular weight is 262 g/mol. The molecule has 0 saturated carbocycles. The van der Waals surface area contributed by atoms with Crippen molar-refractivity contribution in [2.75, 3.05) is 7.11 Å². The van der Waals surface area contributed by atoms with Crippen molar-refractivity contribution in [3.8, 4) is 22.8 Å². The largest absolute Gasteiger partial charge is 0.504 e. The summed E-state index contributed by atoms with van der Waals surface area (Å²) in [6.45, 7) is 3.47. The number of aromatic carboxylic acids is 1. The Labute approximate surface area is 110 Å². The van der Waals surface area contributed by atoms with Crippen molar-refractivity contribution in [1.82, 2.24) is 0 Å². The van der Waals surface area contributed by atoms with Gasteiger partial charge >= 0.3 is 5.97 Å². The molecule has 0 aliphatic carbocycles. The van der Waals surface area contributed by atoms with Crippen molar-refractivity contribution < 1.29 is 24.2 Å². The summed E-state index contributed by atoms with van der Waals surface area (Å²) in [4.78, 5) is 11.0. The molecule has 0 unspecified atom stereocenters. The molecule has 0 saturated heterocycles. The second-order valence-corrected chi connectivity index (χ2v) is 4.27. The molecule has 100 valence electrons. The zero-order valence-electron chi connectivity index (χ0n) is 10.9. The Morgan fingerprint density at radius 3 is 2.42 bits per heavy atom. The number of rotatable bonds is 3. The van der Waals surface area contributed by atoms with E-state index in [1.807, 2.05) is 0 Å². The second kappa shape index (κ2) is 4.68. The molecule has 0 bridgehead atoms. The van der Waals surface area contributed by atoms with E-state index < -0.39 is 5.97 Å². The molecule has 0 aliphatic rings. The zero-order valence-corrected chi connectivity index (χ0v) is 10.9. The molecule has 2 aromatic rings. The van der Waals surface area contributed by atoms with Gasteiger partial charge in [-0.3, -0.25) is 0 Å². The van der Waals surface area contributed by atoms with E-state index >= 15 is 0 Å². The lowest BCUT2D eigenvalue weighted by Gasteiger charge is -2.08. The number of carboxylic acids is 1. The van der Waals surface area contributed by atoms with E-state index in [-0.39, 0.29) is 11.5 Å². The lowest BCUT2D eigenvalue weighted by molar-refractivity contribution is 0.0662. The number of phenolic OH excluding ortho intramolecular Hbond substituents is 1. The molecular weight excluding hydrogens is 248 g/mol. The minimum atomic E-state index is -1.10. The molecule has 0 spiro atoms. The third kappa shape index (κ3) is 2.27. The molecule has 2 N–H and O–H groups in total. The van der Waals surface area contributed by atoms with E-state index in [1.54, 1.807) is 32.0 Å². The first kappa shape index (κ1) is 13.0. The maximum absolute atomic E-state index is 11.0. The molecule has 5 heteroatoms. The standard InChI is InChI=1S/C14H14O5/c1-7-4-10(15)12(18-3)6-9(7)11-5-8(2)13(19-11)14(16)17/h4-6,15H,1-3H3,(H,16,17). The predicted molar refractivity (Wildman–Crippen MR) is 68.8 cm³/mol. The van der Waals surface area contributed by atoms with E-state index in [4.69, 9.17) is 14.3 Å². The molecule has 0 amide bonds.